The predicted octanol–water partition coefficient (Wildman–Crippen LogP) is 2.79. The smallest absolute Gasteiger partial charge is 0.308 e. The first-order chi connectivity index (χ1) is 13.8. The highest BCUT2D eigenvalue weighted by Gasteiger charge is 2.70. The van der Waals surface area contributed by atoms with Crippen LogP contribution in [0.15, 0.2) is 0 Å². The van der Waals surface area contributed by atoms with Crippen LogP contribution in [0.2, 0.25) is 0 Å². The van der Waals surface area contributed by atoms with Gasteiger partial charge in [0.15, 0.2) is 0 Å². The van der Waals surface area contributed by atoms with Crippen LogP contribution in [0.4, 0.5) is 0 Å². The van der Waals surface area contributed by atoms with Crippen molar-refractivity contribution < 1.29 is 33.3 Å². The third-order valence-corrected chi connectivity index (χ3v) is 8.87. The van der Waals surface area contributed by atoms with Gasteiger partial charge in [-0.2, -0.15) is 0 Å². The summed E-state index contributed by atoms with van der Waals surface area (Å²) in [5.74, 6) is 0.330. The molecule has 0 aromatic rings. The fourth-order valence-corrected chi connectivity index (χ4v) is 7.41. The molecule has 7 heteroatoms. The highest BCUT2D eigenvalue weighted by molar-refractivity contribution is 5.73. The van der Waals surface area contributed by atoms with E-state index in [4.69, 9.17) is 18.9 Å². The van der Waals surface area contributed by atoms with Gasteiger partial charge in [0.2, 0.25) is 0 Å². The van der Waals surface area contributed by atoms with Gasteiger partial charge in [-0.05, 0) is 50.4 Å². The molecule has 4 fully saturated rings. The van der Waals surface area contributed by atoms with Gasteiger partial charge in [-0.25, -0.2) is 0 Å². The molecule has 7 atom stereocenters. The molecule has 2 saturated heterocycles. The van der Waals surface area contributed by atoms with Crippen molar-refractivity contribution in [1.82, 2.24) is 0 Å². The van der Waals surface area contributed by atoms with Gasteiger partial charge >= 0.3 is 5.97 Å². The van der Waals surface area contributed by atoms with Gasteiger partial charge in [0.25, 0.3) is 12.9 Å². The Morgan fingerprint density at radius 1 is 1.10 bits per heavy atom. The largest absolute Gasteiger partial charge is 0.467 e. The lowest BCUT2D eigenvalue weighted by atomic mass is 9.43. The van der Waals surface area contributed by atoms with E-state index in [0.29, 0.717) is 38.3 Å². The minimum absolute atomic E-state index is 0.165. The van der Waals surface area contributed by atoms with Gasteiger partial charge in [-0.1, -0.05) is 20.8 Å². The number of fused-ring (bicyclic) bond motifs is 2. The van der Waals surface area contributed by atoms with Crippen molar-refractivity contribution in [2.45, 2.75) is 83.0 Å². The Morgan fingerprint density at radius 3 is 2.55 bits per heavy atom. The first-order valence-corrected chi connectivity index (χ1v) is 10.8. The first kappa shape index (κ1) is 20.6. The van der Waals surface area contributed by atoms with Gasteiger partial charge in [-0.3, -0.25) is 14.4 Å². The zero-order chi connectivity index (χ0) is 20.9. The molecule has 2 aliphatic carbocycles. The summed E-state index contributed by atoms with van der Waals surface area (Å²) in [7, 11) is 0. The quantitative estimate of drug-likeness (QED) is 0.393. The fourth-order valence-electron chi connectivity index (χ4n) is 7.41. The van der Waals surface area contributed by atoms with Gasteiger partial charge in [0.05, 0.1) is 12.0 Å². The van der Waals surface area contributed by atoms with E-state index in [2.05, 4.69) is 20.8 Å². The molecule has 2 saturated carbocycles. The Balaban J connectivity index is 1.71. The molecule has 4 aliphatic rings. The molecule has 0 radical (unpaired) electrons. The molecule has 162 valence electrons. The Morgan fingerprint density at radius 2 is 1.90 bits per heavy atom. The number of cyclic esters (lactones) is 1. The molecule has 0 aromatic heterocycles. The predicted molar refractivity (Wildman–Crippen MR) is 102 cm³/mol. The van der Waals surface area contributed by atoms with Crippen molar-refractivity contribution in [3.05, 3.63) is 0 Å². The lowest BCUT2D eigenvalue weighted by molar-refractivity contribution is -0.267. The van der Waals surface area contributed by atoms with Crippen LogP contribution < -0.4 is 0 Å². The van der Waals surface area contributed by atoms with Crippen molar-refractivity contribution in [1.29, 1.82) is 0 Å². The molecule has 0 aromatic carbocycles. The summed E-state index contributed by atoms with van der Waals surface area (Å²) in [6, 6.07) is 0. The summed E-state index contributed by atoms with van der Waals surface area (Å²) in [6.07, 6.45) is 5.24. The second-order valence-electron chi connectivity index (χ2n) is 10.1. The fraction of sp³-hybridized carbons (Fsp3) is 0.864. The van der Waals surface area contributed by atoms with E-state index in [-0.39, 0.29) is 35.6 Å². The van der Waals surface area contributed by atoms with Crippen LogP contribution in [0.3, 0.4) is 0 Å². The second-order valence-corrected chi connectivity index (χ2v) is 10.1. The lowest BCUT2D eigenvalue weighted by Gasteiger charge is -2.65. The van der Waals surface area contributed by atoms with Gasteiger partial charge in [-0.15, -0.1) is 0 Å². The van der Waals surface area contributed by atoms with Gasteiger partial charge in [0.1, 0.15) is 24.9 Å². The zero-order valence-electron chi connectivity index (χ0n) is 17.6. The minimum Gasteiger partial charge on any atom is -0.467 e. The van der Waals surface area contributed by atoms with E-state index in [1.807, 2.05) is 0 Å². The molecular formula is C22H32O7. The Bertz CT molecular complexity index is 695. The second kappa shape index (κ2) is 6.96. The third kappa shape index (κ3) is 2.83. The molecule has 7 unspecified atom stereocenters. The van der Waals surface area contributed by atoms with Crippen LogP contribution in [0.1, 0.15) is 65.7 Å². The van der Waals surface area contributed by atoms with E-state index in [9.17, 15) is 14.4 Å². The minimum atomic E-state index is -0.512. The molecular weight excluding hydrogens is 376 g/mol. The molecule has 0 amide bonds. The van der Waals surface area contributed by atoms with E-state index in [1.165, 1.54) is 0 Å². The Kier molecular flexibility index (Phi) is 4.95. The summed E-state index contributed by atoms with van der Waals surface area (Å²) in [5.41, 5.74) is -1.53. The highest BCUT2D eigenvalue weighted by Crippen LogP contribution is 2.68. The maximum absolute atomic E-state index is 11.9. The van der Waals surface area contributed by atoms with Gasteiger partial charge in [0, 0.05) is 10.8 Å². The summed E-state index contributed by atoms with van der Waals surface area (Å²) < 4.78 is 23.0. The number of carbonyl (C=O) groups excluding carboxylic acids is 3. The average Bonchev–Trinajstić information content (AvgIpc) is 3.25. The molecule has 7 nitrogen and oxygen atoms in total. The lowest BCUT2D eigenvalue weighted by Crippen LogP contribution is -2.66. The summed E-state index contributed by atoms with van der Waals surface area (Å²) in [5, 5.41) is 0. The van der Waals surface area contributed by atoms with Crippen LogP contribution in [-0.4, -0.2) is 49.4 Å². The Hall–Kier alpha value is -1.63. The number of esters is 1. The van der Waals surface area contributed by atoms with Crippen LogP contribution in [0.25, 0.3) is 0 Å². The number of rotatable bonds is 5. The van der Waals surface area contributed by atoms with Crippen molar-refractivity contribution in [3.8, 4) is 0 Å². The van der Waals surface area contributed by atoms with Crippen molar-refractivity contribution in [2.75, 3.05) is 13.2 Å². The van der Waals surface area contributed by atoms with Crippen LogP contribution in [0.5, 0.6) is 0 Å². The molecule has 2 spiro atoms. The number of hydrogen-bond acceptors (Lipinski definition) is 7. The molecule has 2 heterocycles. The average molecular weight is 408 g/mol. The summed E-state index contributed by atoms with van der Waals surface area (Å²) >= 11 is 0. The van der Waals surface area contributed by atoms with Crippen molar-refractivity contribution >= 4 is 18.9 Å². The molecule has 0 bridgehead atoms. The number of carbonyl (C=O) groups is 3. The van der Waals surface area contributed by atoms with Crippen molar-refractivity contribution in [3.63, 3.8) is 0 Å². The standard InChI is InChI=1S/C22H32O7/c1-15-4-5-16-19(2,11-26-13-23)17(28-14-24)6-7-20(16,3)22(15)9-8-21(29-22)10-18(25)27-12-21/h13-17H,4-12H2,1-3H3. The molecule has 2 aliphatic heterocycles. The molecule has 4 rings (SSSR count). The summed E-state index contributed by atoms with van der Waals surface area (Å²) in [4.78, 5) is 34.0. The van der Waals surface area contributed by atoms with Crippen molar-refractivity contribution in [2.24, 2.45) is 22.7 Å². The molecule has 0 N–H and O–H groups in total. The maximum Gasteiger partial charge on any atom is 0.308 e. The Labute approximate surface area is 171 Å². The SMILES string of the molecule is CC1CCC2C(C)(COC=O)C(OC=O)CCC2(C)C12CCC1(COC(=O)C1)O2. The first-order valence-electron chi connectivity index (χ1n) is 10.8. The monoisotopic (exact) mass is 408 g/mol. The van der Waals surface area contributed by atoms with Gasteiger partial charge < -0.3 is 18.9 Å². The number of hydrogen-bond donors (Lipinski definition) is 0. The van der Waals surface area contributed by atoms with E-state index in [1.54, 1.807) is 0 Å². The topological polar surface area (TPSA) is 88.1 Å². The normalized spacial score (nSPS) is 48.9. The van der Waals surface area contributed by atoms with Crippen LogP contribution in [0, 0.1) is 22.7 Å². The van der Waals surface area contributed by atoms with E-state index < -0.39 is 11.0 Å². The number of ether oxygens (including phenoxy) is 4. The molecule has 29 heavy (non-hydrogen) atoms. The van der Waals surface area contributed by atoms with Crippen LogP contribution >= 0.6 is 0 Å². The van der Waals surface area contributed by atoms with Crippen LogP contribution in [-0.2, 0) is 33.3 Å². The van der Waals surface area contributed by atoms with E-state index >= 15 is 0 Å². The summed E-state index contributed by atoms with van der Waals surface area (Å²) in [6.45, 7) is 8.15. The highest BCUT2D eigenvalue weighted by atomic mass is 16.6. The van der Waals surface area contributed by atoms with E-state index in [0.717, 1.165) is 32.1 Å². The third-order valence-electron chi connectivity index (χ3n) is 8.87. The zero-order valence-corrected chi connectivity index (χ0v) is 17.6. The maximum atomic E-state index is 11.9.